The number of benzene rings is 4. The first-order chi connectivity index (χ1) is 17.0. The van der Waals surface area contributed by atoms with Gasteiger partial charge in [-0.05, 0) is 41.0 Å². The van der Waals surface area contributed by atoms with Gasteiger partial charge in [0.15, 0.2) is 0 Å². The minimum Gasteiger partial charge on any atom is -0.489 e. The van der Waals surface area contributed by atoms with Gasteiger partial charge in [0, 0.05) is 17.3 Å². The molecule has 0 fully saturated rings. The maximum absolute atomic E-state index is 14.1. The van der Waals surface area contributed by atoms with Crippen LogP contribution in [-0.4, -0.2) is 0 Å². The van der Waals surface area contributed by atoms with E-state index in [0.29, 0.717) is 28.1 Å². The minimum atomic E-state index is -3.34. The van der Waals surface area contributed by atoms with E-state index in [1.54, 1.807) is 0 Å². The largest absolute Gasteiger partial charge is 0.489 e. The fourth-order valence-corrected chi connectivity index (χ4v) is 6.20. The number of nitrogens with one attached hydrogen (secondary N) is 1. The fourth-order valence-electron chi connectivity index (χ4n) is 3.35. The molecule has 1 unspecified atom stereocenters. The summed E-state index contributed by atoms with van der Waals surface area (Å²) in [6.45, 7) is 0.469. The van der Waals surface area contributed by atoms with E-state index in [4.69, 9.17) is 27.9 Å². The SMILES string of the molecule is O=P(/C=C(\Cl)c1ccccc1)(/C=C(/Cl)c1ccccc1)Nc1ccc(OCc2ccccc2)cc1. The highest BCUT2D eigenvalue weighted by Gasteiger charge is 2.19. The number of hydrogen-bond donors (Lipinski definition) is 1. The molecule has 0 spiro atoms. The molecule has 0 aromatic heterocycles. The molecule has 0 saturated heterocycles. The Kier molecular flexibility index (Phi) is 8.50. The van der Waals surface area contributed by atoms with E-state index in [-0.39, 0.29) is 0 Å². The van der Waals surface area contributed by atoms with Crippen molar-refractivity contribution < 1.29 is 9.30 Å². The molecular weight excluding hydrogens is 496 g/mol. The number of rotatable bonds is 9. The number of hydrogen-bond acceptors (Lipinski definition) is 2. The molecule has 1 N–H and O–H groups in total. The van der Waals surface area contributed by atoms with Crippen LogP contribution in [0.5, 0.6) is 5.75 Å². The van der Waals surface area contributed by atoms with Crippen LogP contribution in [0.3, 0.4) is 0 Å². The van der Waals surface area contributed by atoms with Gasteiger partial charge in [-0.2, -0.15) is 0 Å². The molecule has 176 valence electrons. The molecule has 0 saturated carbocycles. The molecule has 1 atom stereocenters. The summed E-state index contributed by atoms with van der Waals surface area (Å²) in [7, 11) is -3.34. The second-order valence-electron chi connectivity index (χ2n) is 7.81. The van der Waals surface area contributed by atoms with Crippen LogP contribution in [0.1, 0.15) is 16.7 Å². The van der Waals surface area contributed by atoms with E-state index in [1.165, 1.54) is 11.6 Å². The van der Waals surface area contributed by atoms with Crippen molar-refractivity contribution in [1.29, 1.82) is 0 Å². The van der Waals surface area contributed by atoms with Gasteiger partial charge in [-0.15, -0.1) is 0 Å². The highest BCUT2D eigenvalue weighted by Crippen LogP contribution is 2.53. The molecule has 35 heavy (non-hydrogen) atoms. The number of anilines is 1. The maximum Gasteiger partial charge on any atom is 0.216 e. The molecule has 3 nitrogen and oxygen atoms in total. The van der Waals surface area contributed by atoms with Gasteiger partial charge in [-0.3, -0.25) is 4.57 Å². The zero-order chi connectivity index (χ0) is 24.5. The van der Waals surface area contributed by atoms with Gasteiger partial charge in [0.25, 0.3) is 0 Å². The van der Waals surface area contributed by atoms with Crippen molar-refractivity contribution in [2.45, 2.75) is 6.61 Å². The molecule has 4 aromatic carbocycles. The van der Waals surface area contributed by atoms with Gasteiger partial charge in [0.2, 0.25) is 7.29 Å². The molecule has 0 radical (unpaired) electrons. The average Bonchev–Trinajstić information content (AvgIpc) is 2.89. The van der Waals surface area contributed by atoms with E-state index in [1.807, 2.05) is 115 Å². The summed E-state index contributed by atoms with van der Waals surface area (Å²) < 4.78 is 19.9. The smallest absolute Gasteiger partial charge is 0.216 e. The van der Waals surface area contributed by atoms with Crippen LogP contribution in [0.2, 0.25) is 0 Å². The Morgan fingerprint density at radius 3 is 1.63 bits per heavy atom. The zero-order valence-corrected chi connectivity index (χ0v) is 21.3. The summed E-state index contributed by atoms with van der Waals surface area (Å²) in [6, 6.07) is 36.0. The van der Waals surface area contributed by atoms with Gasteiger partial charge in [0.1, 0.15) is 12.4 Å². The van der Waals surface area contributed by atoms with Crippen molar-refractivity contribution >= 4 is 46.2 Å². The Morgan fingerprint density at radius 2 is 1.14 bits per heavy atom. The standard InChI is InChI=1S/C29H24Cl2NO2P/c30-28(24-12-6-2-7-13-24)21-35(33,22-29(31)25-14-8-3-9-15-25)32-26-16-18-27(19-17-26)34-20-23-10-4-1-5-11-23/h1-19,21-22H,20H2,(H,32,33)/b28-21-,29-22+. The van der Waals surface area contributed by atoms with Crippen LogP contribution in [-0.2, 0) is 11.2 Å². The third-order valence-corrected chi connectivity index (χ3v) is 7.97. The first-order valence-electron chi connectivity index (χ1n) is 11.0. The maximum atomic E-state index is 14.1. The lowest BCUT2D eigenvalue weighted by Crippen LogP contribution is -1.96. The quantitative estimate of drug-likeness (QED) is 0.224. The second kappa shape index (κ2) is 12.0. The van der Waals surface area contributed by atoms with Gasteiger partial charge in [-0.1, -0.05) is 114 Å². The zero-order valence-electron chi connectivity index (χ0n) is 18.9. The predicted molar refractivity (Wildman–Crippen MR) is 149 cm³/mol. The minimum absolute atomic E-state index is 0.373. The summed E-state index contributed by atoms with van der Waals surface area (Å²) in [5.74, 6) is 3.79. The van der Waals surface area contributed by atoms with E-state index in [9.17, 15) is 4.57 Å². The van der Waals surface area contributed by atoms with Gasteiger partial charge < -0.3 is 9.82 Å². The van der Waals surface area contributed by atoms with Crippen LogP contribution in [0.15, 0.2) is 127 Å². The topological polar surface area (TPSA) is 38.3 Å². The first kappa shape index (κ1) is 24.9. The first-order valence-corrected chi connectivity index (χ1v) is 13.6. The molecule has 0 aliphatic carbocycles. The Balaban J connectivity index is 1.58. The summed E-state index contributed by atoms with van der Waals surface area (Å²) >= 11 is 13.1. The van der Waals surface area contributed by atoms with E-state index < -0.39 is 7.29 Å². The molecule has 4 rings (SSSR count). The third-order valence-electron chi connectivity index (χ3n) is 5.12. The summed E-state index contributed by atoms with van der Waals surface area (Å²) in [4.78, 5) is 0. The molecule has 0 aliphatic rings. The van der Waals surface area contributed by atoms with Crippen molar-refractivity contribution in [2.75, 3.05) is 5.09 Å². The van der Waals surface area contributed by atoms with Crippen molar-refractivity contribution in [3.8, 4) is 5.75 Å². The molecule has 0 amide bonds. The molecule has 4 aromatic rings. The van der Waals surface area contributed by atoms with Crippen LogP contribution in [0.25, 0.3) is 10.1 Å². The van der Waals surface area contributed by atoms with Crippen LogP contribution in [0.4, 0.5) is 5.69 Å². The Hall–Kier alpha value is -3.23. The monoisotopic (exact) mass is 519 g/mol. The van der Waals surface area contributed by atoms with Crippen molar-refractivity contribution in [2.24, 2.45) is 0 Å². The Morgan fingerprint density at radius 1 is 0.686 bits per heavy atom. The lowest BCUT2D eigenvalue weighted by Gasteiger charge is -2.16. The Bertz CT molecular complexity index is 1280. The van der Waals surface area contributed by atoms with Crippen LogP contribution < -0.4 is 9.82 Å². The number of halogens is 2. The second-order valence-corrected chi connectivity index (χ2v) is 10.8. The molecule has 0 bridgehead atoms. The molecule has 0 heterocycles. The van der Waals surface area contributed by atoms with Crippen LogP contribution in [0, 0.1) is 0 Å². The van der Waals surface area contributed by atoms with Crippen molar-refractivity contribution in [3.05, 3.63) is 144 Å². The van der Waals surface area contributed by atoms with E-state index in [2.05, 4.69) is 5.09 Å². The number of ether oxygens (including phenoxy) is 1. The lowest BCUT2D eigenvalue weighted by molar-refractivity contribution is 0.306. The lowest BCUT2D eigenvalue weighted by atomic mass is 10.2. The van der Waals surface area contributed by atoms with Gasteiger partial charge >= 0.3 is 0 Å². The molecular formula is C29H24Cl2NO2P. The van der Waals surface area contributed by atoms with Gasteiger partial charge in [0.05, 0.1) is 10.1 Å². The van der Waals surface area contributed by atoms with E-state index >= 15 is 0 Å². The highest BCUT2D eigenvalue weighted by molar-refractivity contribution is 7.72. The van der Waals surface area contributed by atoms with Crippen molar-refractivity contribution in [1.82, 2.24) is 0 Å². The summed E-state index contributed by atoms with van der Waals surface area (Å²) in [6.07, 6.45) is 0. The normalized spacial score (nSPS) is 13.7. The van der Waals surface area contributed by atoms with Crippen LogP contribution >= 0.6 is 30.5 Å². The third kappa shape index (κ3) is 7.37. The van der Waals surface area contributed by atoms with Gasteiger partial charge in [-0.25, -0.2) is 0 Å². The predicted octanol–water partition coefficient (Wildman–Crippen LogP) is 9.43. The Labute approximate surface area is 216 Å². The van der Waals surface area contributed by atoms with Crippen molar-refractivity contribution in [3.63, 3.8) is 0 Å². The summed E-state index contributed by atoms with van der Waals surface area (Å²) in [5.41, 5.74) is 3.28. The molecule has 6 heteroatoms. The molecule has 0 aliphatic heterocycles. The van der Waals surface area contributed by atoms with E-state index in [0.717, 1.165) is 16.7 Å². The highest BCUT2D eigenvalue weighted by atomic mass is 35.5. The fraction of sp³-hybridized carbons (Fsp3) is 0.0345. The average molecular weight is 520 g/mol. The summed E-state index contributed by atoms with van der Waals surface area (Å²) in [5, 5.41) is 3.88.